The highest BCUT2D eigenvalue weighted by atomic mass is 16.4. The Labute approximate surface area is 63.9 Å². The lowest BCUT2D eigenvalue weighted by Gasteiger charge is -1.94. The second-order valence-corrected chi connectivity index (χ2v) is 2.47. The summed E-state index contributed by atoms with van der Waals surface area (Å²) in [7, 11) is 0. The highest BCUT2D eigenvalue weighted by molar-refractivity contribution is 5.97. The van der Waals surface area contributed by atoms with Gasteiger partial charge in [-0.05, 0) is 12.1 Å². The largest absolute Gasteiger partial charge is 0.480 e. The van der Waals surface area contributed by atoms with Crippen LogP contribution >= 0.6 is 0 Å². The molecule has 0 radical (unpaired) electrons. The van der Waals surface area contributed by atoms with Crippen LogP contribution in [0.15, 0.2) is 24.3 Å². The molecular formula is C8H7NO2. The average Bonchev–Trinajstić information content (AvgIpc) is 2.64. The number of fused-ring (bicyclic) bond motifs is 1. The average molecular weight is 149 g/mol. The predicted molar refractivity (Wildman–Crippen MR) is 41.1 cm³/mol. The Bertz CT molecular complexity index is 286. The summed E-state index contributed by atoms with van der Waals surface area (Å²) < 4.78 is 0. The zero-order valence-corrected chi connectivity index (χ0v) is 5.82. The van der Waals surface area contributed by atoms with E-state index in [9.17, 15) is 4.79 Å². The minimum Gasteiger partial charge on any atom is -0.480 e. The normalized spacial score (nSPS) is 12.5. The van der Waals surface area contributed by atoms with Gasteiger partial charge in [-0.3, -0.25) is 4.79 Å². The minimum absolute atomic E-state index is 0.0827. The highest BCUT2D eigenvalue weighted by Gasteiger charge is 2.29. The van der Waals surface area contributed by atoms with Crippen LogP contribution in [0.2, 0.25) is 0 Å². The second kappa shape index (κ2) is 1.99. The molecule has 0 saturated carbocycles. The molecule has 1 aromatic carbocycles. The number of nitrogens with zero attached hydrogens (tertiary/aromatic N) is 1. The van der Waals surface area contributed by atoms with Crippen LogP contribution in [0.3, 0.4) is 0 Å². The monoisotopic (exact) mass is 149 g/mol. The molecule has 0 spiro atoms. The summed E-state index contributed by atoms with van der Waals surface area (Å²) in [5.41, 5.74) is 2.07. The van der Waals surface area contributed by atoms with E-state index in [1.807, 2.05) is 24.3 Å². The van der Waals surface area contributed by atoms with Crippen molar-refractivity contribution in [3.63, 3.8) is 0 Å². The quantitative estimate of drug-likeness (QED) is 0.643. The van der Waals surface area contributed by atoms with Crippen LogP contribution in [0.25, 0.3) is 0 Å². The van der Waals surface area contributed by atoms with E-state index in [2.05, 4.69) is 0 Å². The van der Waals surface area contributed by atoms with Gasteiger partial charge in [-0.15, -0.1) is 0 Å². The first-order valence-electron chi connectivity index (χ1n) is 3.37. The SMILES string of the molecule is O=C(O)CN1c2ccccc21. The van der Waals surface area contributed by atoms with Crippen molar-refractivity contribution in [2.45, 2.75) is 0 Å². The fourth-order valence-electron chi connectivity index (χ4n) is 1.18. The molecule has 3 nitrogen and oxygen atoms in total. The van der Waals surface area contributed by atoms with Crippen LogP contribution < -0.4 is 4.90 Å². The van der Waals surface area contributed by atoms with Crippen molar-refractivity contribution in [1.29, 1.82) is 0 Å². The first kappa shape index (κ1) is 6.22. The number of benzene rings is 1. The van der Waals surface area contributed by atoms with E-state index in [1.54, 1.807) is 4.90 Å². The van der Waals surface area contributed by atoms with Gasteiger partial charge in [-0.2, -0.15) is 0 Å². The van der Waals surface area contributed by atoms with Gasteiger partial charge >= 0.3 is 5.97 Å². The van der Waals surface area contributed by atoms with Gasteiger partial charge in [-0.25, -0.2) is 0 Å². The maximum absolute atomic E-state index is 10.3. The molecule has 11 heavy (non-hydrogen) atoms. The molecule has 1 aliphatic heterocycles. The summed E-state index contributed by atoms with van der Waals surface area (Å²) in [6, 6.07) is 7.64. The maximum Gasteiger partial charge on any atom is 0.323 e. The van der Waals surface area contributed by atoms with Crippen molar-refractivity contribution in [3.05, 3.63) is 24.3 Å². The number of para-hydroxylation sites is 2. The lowest BCUT2D eigenvalue weighted by atomic mass is 10.4. The van der Waals surface area contributed by atoms with Gasteiger partial charge in [-0.1, -0.05) is 12.1 Å². The maximum atomic E-state index is 10.3. The van der Waals surface area contributed by atoms with Gasteiger partial charge in [0.05, 0.1) is 11.4 Å². The van der Waals surface area contributed by atoms with Crippen molar-refractivity contribution < 1.29 is 9.90 Å². The number of carbonyl (C=O) groups is 1. The van der Waals surface area contributed by atoms with Gasteiger partial charge in [0.1, 0.15) is 6.54 Å². The molecule has 56 valence electrons. The number of aliphatic carboxylic acids is 1. The van der Waals surface area contributed by atoms with Crippen LogP contribution in [0.4, 0.5) is 11.4 Å². The zero-order chi connectivity index (χ0) is 7.84. The molecule has 1 heterocycles. The van der Waals surface area contributed by atoms with Crippen molar-refractivity contribution in [3.8, 4) is 0 Å². The molecule has 0 amide bonds. The lowest BCUT2D eigenvalue weighted by molar-refractivity contribution is -0.135. The van der Waals surface area contributed by atoms with Crippen molar-refractivity contribution in [1.82, 2.24) is 0 Å². The van der Waals surface area contributed by atoms with Crippen molar-refractivity contribution in [2.75, 3.05) is 11.4 Å². The molecular weight excluding hydrogens is 142 g/mol. The molecule has 1 aliphatic rings. The van der Waals surface area contributed by atoms with Gasteiger partial charge in [0.25, 0.3) is 0 Å². The molecule has 3 heteroatoms. The number of anilines is 2. The number of rotatable bonds is 2. The second-order valence-electron chi connectivity index (χ2n) is 2.47. The third-order valence-electron chi connectivity index (χ3n) is 1.71. The molecule has 0 aliphatic carbocycles. The van der Waals surface area contributed by atoms with Gasteiger partial charge in [0.15, 0.2) is 0 Å². The molecule has 0 saturated heterocycles. The zero-order valence-electron chi connectivity index (χ0n) is 5.82. The van der Waals surface area contributed by atoms with E-state index < -0.39 is 5.97 Å². The fraction of sp³-hybridized carbons (Fsp3) is 0.125. The minimum atomic E-state index is -0.791. The molecule has 0 fully saturated rings. The van der Waals surface area contributed by atoms with E-state index in [4.69, 9.17) is 5.11 Å². The van der Waals surface area contributed by atoms with E-state index in [0.717, 1.165) is 11.4 Å². The van der Waals surface area contributed by atoms with Crippen molar-refractivity contribution in [2.24, 2.45) is 0 Å². The van der Waals surface area contributed by atoms with Crippen LogP contribution in [0.5, 0.6) is 0 Å². The molecule has 2 rings (SSSR count). The number of hydrogen-bond acceptors (Lipinski definition) is 2. The highest BCUT2D eigenvalue weighted by Crippen LogP contribution is 2.46. The fourth-order valence-corrected chi connectivity index (χ4v) is 1.18. The smallest absolute Gasteiger partial charge is 0.323 e. The topological polar surface area (TPSA) is 40.3 Å². The number of carboxylic acids is 1. The molecule has 0 aromatic heterocycles. The summed E-state index contributed by atoms with van der Waals surface area (Å²) in [4.78, 5) is 12.0. The molecule has 0 atom stereocenters. The standard InChI is InChI=1S/C8H7NO2/c10-8(11)5-9-6-3-1-2-4-7(6)9/h1-4H,5H2,(H,10,11). The van der Waals surface area contributed by atoms with Crippen LogP contribution in [0.1, 0.15) is 0 Å². The van der Waals surface area contributed by atoms with Crippen LogP contribution in [-0.4, -0.2) is 17.6 Å². The number of carboxylic acid groups (broad SMARTS) is 1. The van der Waals surface area contributed by atoms with Gasteiger partial charge in [0, 0.05) is 0 Å². The summed E-state index contributed by atoms with van der Waals surface area (Å²) in [6.07, 6.45) is 0. The Balaban J connectivity index is 2.12. The van der Waals surface area contributed by atoms with E-state index in [1.165, 1.54) is 0 Å². The van der Waals surface area contributed by atoms with E-state index >= 15 is 0 Å². The molecule has 0 unspecified atom stereocenters. The Morgan fingerprint density at radius 3 is 2.36 bits per heavy atom. The van der Waals surface area contributed by atoms with E-state index in [0.29, 0.717) is 0 Å². The first-order chi connectivity index (χ1) is 5.29. The Kier molecular flexibility index (Phi) is 1.12. The van der Waals surface area contributed by atoms with Crippen LogP contribution in [-0.2, 0) is 4.79 Å². The van der Waals surface area contributed by atoms with Gasteiger partial charge < -0.3 is 10.0 Å². The predicted octanol–water partition coefficient (Wildman–Crippen LogP) is 1.22. The number of hydrogen-bond donors (Lipinski definition) is 1. The Morgan fingerprint density at radius 1 is 1.36 bits per heavy atom. The van der Waals surface area contributed by atoms with E-state index in [-0.39, 0.29) is 6.54 Å². The molecule has 0 bridgehead atoms. The van der Waals surface area contributed by atoms with Crippen LogP contribution in [0, 0.1) is 0 Å². The lowest BCUT2D eigenvalue weighted by Crippen LogP contribution is -2.12. The molecule has 1 aromatic rings. The first-order valence-corrected chi connectivity index (χ1v) is 3.37. The third-order valence-corrected chi connectivity index (χ3v) is 1.71. The summed E-state index contributed by atoms with van der Waals surface area (Å²) >= 11 is 0. The Morgan fingerprint density at radius 2 is 1.91 bits per heavy atom. The summed E-state index contributed by atoms with van der Waals surface area (Å²) in [5.74, 6) is -0.791. The molecule has 1 N–H and O–H groups in total. The summed E-state index contributed by atoms with van der Waals surface area (Å²) in [5, 5.41) is 8.45. The van der Waals surface area contributed by atoms with Crippen molar-refractivity contribution >= 4 is 17.3 Å². The van der Waals surface area contributed by atoms with Gasteiger partial charge in [0.2, 0.25) is 0 Å². The third kappa shape index (κ3) is 0.941. The Hall–Kier alpha value is -1.51. The summed E-state index contributed by atoms with van der Waals surface area (Å²) in [6.45, 7) is 0.0827.